The third-order valence-corrected chi connectivity index (χ3v) is 3.86. The van der Waals surface area contributed by atoms with Crippen LogP contribution in [0.1, 0.15) is 5.56 Å². The Bertz CT molecular complexity index is 468. The van der Waals surface area contributed by atoms with Gasteiger partial charge in [-0.25, -0.2) is 13.2 Å². The van der Waals surface area contributed by atoms with Crippen LogP contribution in [0.5, 0.6) is 0 Å². The highest BCUT2D eigenvalue weighted by Crippen LogP contribution is 2.09. The molecule has 1 unspecified atom stereocenters. The molecule has 1 saturated heterocycles. The number of alkyl halides is 2. The molecule has 1 heterocycles. The third kappa shape index (κ3) is 6.47. The van der Waals surface area contributed by atoms with Crippen molar-refractivity contribution in [2.24, 2.45) is 0 Å². The Morgan fingerprint density at radius 3 is 2.26 bits per heavy atom. The Morgan fingerprint density at radius 2 is 1.65 bits per heavy atom. The van der Waals surface area contributed by atoms with Crippen molar-refractivity contribution in [3.05, 3.63) is 35.6 Å². The third-order valence-electron chi connectivity index (χ3n) is 3.86. The fourth-order valence-corrected chi connectivity index (χ4v) is 2.62. The molecular formula is C16H23F3N2O2. The summed E-state index contributed by atoms with van der Waals surface area (Å²) in [7, 11) is 0. The van der Waals surface area contributed by atoms with E-state index in [9.17, 15) is 18.3 Å². The van der Waals surface area contributed by atoms with Gasteiger partial charge in [-0.2, -0.15) is 0 Å². The van der Waals surface area contributed by atoms with Crippen LogP contribution in [0, 0.1) is 5.82 Å². The van der Waals surface area contributed by atoms with Crippen molar-refractivity contribution in [2.75, 3.05) is 45.9 Å². The van der Waals surface area contributed by atoms with Gasteiger partial charge in [0.25, 0.3) is 6.43 Å². The minimum Gasteiger partial charge on any atom is -0.389 e. The van der Waals surface area contributed by atoms with Crippen LogP contribution in [0.4, 0.5) is 13.2 Å². The van der Waals surface area contributed by atoms with Gasteiger partial charge in [0.1, 0.15) is 5.82 Å². The number of benzene rings is 1. The van der Waals surface area contributed by atoms with Crippen molar-refractivity contribution >= 4 is 0 Å². The van der Waals surface area contributed by atoms with E-state index in [1.807, 2.05) is 4.90 Å². The molecule has 4 nitrogen and oxygen atoms in total. The van der Waals surface area contributed by atoms with E-state index < -0.39 is 12.5 Å². The highest BCUT2D eigenvalue weighted by Gasteiger charge is 2.21. The summed E-state index contributed by atoms with van der Waals surface area (Å²) >= 11 is 0. The quantitative estimate of drug-likeness (QED) is 0.784. The van der Waals surface area contributed by atoms with Gasteiger partial charge >= 0.3 is 0 Å². The fraction of sp³-hybridized carbons (Fsp3) is 0.625. The summed E-state index contributed by atoms with van der Waals surface area (Å²) in [5, 5.41) is 9.97. The molecule has 1 atom stereocenters. The van der Waals surface area contributed by atoms with E-state index in [1.54, 1.807) is 23.1 Å². The smallest absolute Gasteiger partial charge is 0.251 e. The highest BCUT2D eigenvalue weighted by molar-refractivity contribution is 5.16. The fourth-order valence-electron chi connectivity index (χ4n) is 2.62. The molecule has 23 heavy (non-hydrogen) atoms. The molecule has 1 N–H and O–H groups in total. The lowest BCUT2D eigenvalue weighted by molar-refractivity contribution is -0.00426. The molecule has 7 heteroatoms. The van der Waals surface area contributed by atoms with Crippen molar-refractivity contribution in [2.45, 2.75) is 19.1 Å². The molecule has 0 bridgehead atoms. The second-order valence-corrected chi connectivity index (χ2v) is 5.75. The molecule has 2 rings (SSSR count). The molecule has 0 spiro atoms. The van der Waals surface area contributed by atoms with Crippen molar-refractivity contribution in [1.82, 2.24) is 9.80 Å². The molecule has 1 aliphatic heterocycles. The second kappa shape index (κ2) is 9.22. The van der Waals surface area contributed by atoms with Crippen LogP contribution in [0.3, 0.4) is 0 Å². The van der Waals surface area contributed by atoms with Crippen LogP contribution >= 0.6 is 0 Å². The van der Waals surface area contributed by atoms with Gasteiger partial charge in [-0.1, -0.05) is 18.2 Å². The van der Waals surface area contributed by atoms with Gasteiger partial charge in [-0.3, -0.25) is 9.80 Å². The van der Waals surface area contributed by atoms with Gasteiger partial charge in [0, 0.05) is 38.3 Å². The maximum Gasteiger partial charge on any atom is 0.251 e. The molecule has 1 aliphatic rings. The van der Waals surface area contributed by atoms with Gasteiger partial charge in [0.15, 0.2) is 0 Å². The van der Waals surface area contributed by atoms with Crippen LogP contribution in [-0.2, 0) is 11.3 Å². The van der Waals surface area contributed by atoms with E-state index in [0.717, 1.165) is 0 Å². The molecule has 0 aliphatic carbocycles. The SMILES string of the molecule is OC(COCc1ccccc1F)CN1CCN(CC(F)F)CC1. The first-order valence-corrected chi connectivity index (χ1v) is 7.76. The predicted molar refractivity (Wildman–Crippen MR) is 80.9 cm³/mol. The Kier molecular flexibility index (Phi) is 7.29. The van der Waals surface area contributed by atoms with Gasteiger partial charge in [0.05, 0.1) is 25.9 Å². The number of aliphatic hydroxyl groups is 1. The number of nitrogens with zero attached hydrogens (tertiary/aromatic N) is 2. The van der Waals surface area contributed by atoms with Crippen LogP contribution in [0.15, 0.2) is 24.3 Å². The van der Waals surface area contributed by atoms with Gasteiger partial charge in [-0.15, -0.1) is 0 Å². The summed E-state index contributed by atoms with van der Waals surface area (Å²) in [6.45, 7) is 2.92. The summed E-state index contributed by atoms with van der Waals surface area (Å²) in [6, 6.07) is 6.36. The highest BCUT2D eigenvalue weighted by atomic mass is 19.3. The Labute approximate surface area is 134 Å². The average Bonchev–Trinajstić information content (AvgIpc) is 2.51. The first-order chi connectivity index (χ1) is 11.0. The molecule has 0 amide bonds. The van der Waals surface area contributed by atoms with Gasteiger partial charge in [-0.05, 0) is 6.07 Å². The van der Waals surface area contributed by atoms with Gasteiger partial charge in [0.2, 0.25) is 0 Å². The van der Waals surface area contributed by atoms with E-state index in [1.165, 1.54) is 6.07 Å². The minimum absolute atomic E-state index is 0.117. The van der Waals surface area contributed by atoms with Crippen LogP contribution in [0.25, 0.3) is 0 Å². The van der Waals surface area contributed by atoms with E-state index >= 15 is 0 Å². The molecule has 1 aromatic rings. The second-order valence-electron chi connectivity index (χ2n) is 5.75. The Hall–Kier alpha value is -1.15. The van der Waals surface area contributed by atoms with Crippen molar-refractivity contribution in [3.8, 4) is 0 Å². The monoisotopic (exact) mass is 332 g/mol. The number of hydrogen-bond acceptors (Lipinski definition) is 4. The van der Waals surface area contributed by atoms with Crippen molar-refractivity contribution < 1.29 is 23.0 Å². The standard InChI is InChI=1S/C16H23F3N2O2/c17-15-4-2-1-3-13(15)11-23-12-14(22)9-20-5-7-21(8-6-20)10-16(18)19/h1-4,14,16,22H,5-12H2. The van der Waals surface area contributed by atoms with Gasteiger partial charge < -0.3 is 9.84 Å². The summed E-state index contributed by atoms with van der Waals surface area (Å²) in [5.74, 6) is -0.322. The zero-order chi connectivity index (χ0) is 16.7. The maximum absolute atomic E-state index is 13.4. The van der Waals surface area contributed by atoms with Crippen LogP contribution in [-0.4, -0.2) is 73.3 Å². The van der Waals surface area contributed by atoms with E-state index in [0.29, 0.717) is 38.3 Å². The van der Waals surface area contributed by atoms with E-state index in [-0.39, 0.29) is 25.6 Å². The number of rotatable bonds is 8. The number of ether oxygens (including phenoxy) is 1. The van der Waals surface area contributed by atoms with Crippen LogP contribution in [0.2, 0.25) is 0 Å². The number of hydrogen-bond donors (Lipinski definition) is 1. The summed E-state index contributed by atoms with van der Waals surface area (Å²) in [6.07, 6.45) is -2.98. The zero-order valence-corrected chi connectivity index (χ0v) is 13.0. The topological polar surface area (TPSA) is 35.9 Å². The number of aliphatic hydroxyl groups excluding tert-OH is 1. The molecule has 130 valence electrons. The first kappa shape index (κ1) is 18.2. The lowest BCUT2D eigenvalue weighted by Crippen LogP contribution is -2.50. The first-order valence-electron chi connectivity index (χ1n) is 7.76. The predicted octanol–water partition coefficient (Wildman–Crippen LogP) is 1.59. The summed E-state index contributed by atoms with van der Waals surface area (Å²) in [5.41, 5.74) is 0.459. The largest absolute Gasteiger partial charge is 0.389 e. The molecular weight excluding hydrogens is 309 g/mol. The number of β-amino-alcohol motifs (C(OH)–C–C–N with tert-alkyl or cyclic N) is 1. The number of halogens is 3. The van der Waals surface area contributed by atoms with Crippen molar-refractivity contribution in [1.29, 1.82) is 0 Å². The lowest BCUT2D eigenvalue weighted by atomic mass is 10.2. The normalized spacial score (nSPS) is 18.5. The Balaban J connectivity index is 1.62. The van der Waals surface area contributed by atoms with Crippen LogP contribution < -0.4 is 0 Å². The summed E-state index contributed by atoms with van der Waals surface area (Å²) in [4.78, 5) is 3.75. The van der Waals surface area contributed by atoms with Crippen molar-refractivity contribution in [3.63, 3.8) is 0 Å². The summed E-state index contributed by atoms with van der Waals surface area (Å²) < 4.78 is 43.3. The zero-order valence-electron chi connectivity index (χ0n) is 13.0. The maximum atomic E-state index is 13.4. The molecule has 1 aromatic carbocycles. The Morgan fingerprint density at radius 1 is 1.04 bits per heavy atom. The van der Waals surface area contributed by atoms with E-state index in [2.05, 4.69) is 0 Å². The van der Waals surface area contributed by atoms with E-state index in [4.69, 9.17) is 4.74 Å². The molecule has 0 saturated carbocycles. The number of piperazine rings is 1. The lowest BCUT2D eigenvalue weighted by Gasteiger charge is -2.35. The average molecular weight is 332 g/mol. The minimum atomic E-state index is -2.31. The molecule has 0 aromatic heterocycles. The molecule has 0 radical (unpaired) electrons. The molecule has 1 fully saturated rings.